The fourth-order valence-electron chi connectivity index (χ4n) is 1.86. The van der Waals surface area contributed by atoms with Gasteiger partial charge in [0.1, 0.15) is 11.6 Å². The maximum atomic E-state index is 10.5. The van der Waals surface area contributed by atoms with Gasteiger partial charge in [-0.25, -0.2) is 0 Å². The number of hydrogen-bond donors (Lipinski definition) is 1. The van der Waals surface area contributed by atoms with Crippen LogP contribution in [0.2, 0.25) is 0 Å². The van der Waals surface area contributed by atoms with Crippen LogP contribution in [0.5, 0.6) is 5.75 Å². The summed E-state index contributed by atoms with van der Waals surface area (Å²) in [7, 11) is 3.49. The van der Waals surface area contributed by atoms with Crippen molar-refractivity contribution < 1.29 is 9.53 Å². The molecule has 1 N–H and O–H groups in total. The summed E-state index contributed by atoms with van der Waals surface area (Å²) < 4.78 is 5.17. The van der Waals surface area contributed by atoms with E-state index >= 15 is 0 Å². The number of carbonyl (C=O) groups excluding carboxylic acids is 1. The minimum atomic E-state index is -0.279. The van der Waals surface area contributed by atoms with E-state index < -0.39 is 0 Å². The quantitative estimate of drug-likeness (QED) is 0.661. The molecule has 0 aliphatic carbocycles. The Hall–Kier alpha value is -1.68. The number of alkyl halides is 1. The lowest BCUT2D eigenvalue weighted by atomic mass is 10.0. The van der Waals surface area contributed by atoms with E-state index in [0.717, 1.165) is 17.0 Å². The van der Waals surface area contributed by atoms with Gasteiger partial charge in [0.15, 0.2) is 0 Å². The highest BCUT2D eigenvalue weighted by Gasteiger charge is 2.22. The Labute approximate surface area is 105 Å². The van der Waals surface area contributed by atoms with Crippen LogP contribution in [0.25, 0.3) is 0 Å². The van der Waals surface area contributed by atoms with Crippen molar-refractivity contribution in [3.8, 4) is 5.75 Å². The molecular formula is C12H13ClN2O2. The molecule has 0 spiro atoms. The van der Waals surface area contributed by atoms with E-state index in [1.807, 2.05) is 30.1 Å². The number of nitrogens with zero attached hydrogens (tertiary/aromatic N) is 1. The number of fused-ring (bicyclic) bond motifs is 1. The molecule has 0 aromatic heterocycles. The van der Waals surface area contributed by atoms with Gasteiger partial charge in [-0.3, -0.25) is 4.79 Å². The lowest BCUT2D eigenvalue weighted by Gasteiger charge is -2.30. The predicted octanol–water partition coefficient (Wildman–Crippen LogP) is 2.01. The number of rotatable bonds is 3. The van der Waals surface area contributed by atoms with Gasteiger partial charge in [-0.1, -0.05) is 0 Å². The molecule has 0 radical (unpaired) electrons. The largest absolute Gasteiger partial charge is 0.497 e. The molecule has 0 fully saturated rings. The van der Waals surface area contributed by atoms with Gasteiger partial charge in [0.25, 0.3) is 0 Å². The Balaban J connectivity index is 2.43. The number of amides is 1. The summed E-state index contributed by atoms with van der Waals surface area (Å²) in [5.74, 6) is 1.45. The standard InChI is InChI=1S/C12H13ClN2O2/c1-15-11-4-3-8(17-2)5-9(11)10(13)6-12(15)14-7-16/h3-7,10H,1-2H3,(H,14,16). The van der Waals surface area contributed by atoms with E-state index in [-0.39, 0.29) is 5.38 Å². The minimum absolute atomic E-state index is 0.279. The van der Waals surface area contributed by atoms with Crippen molar-refractivity contribution >= 4 is 23.7 Å². The van der Waals surface area contributed by atoms with Crippen LogP contribution in [0.3, 0.4) is 0 Å². The number of hydrogen-bond acceptors (Lipinski definition) is 3. The topological polar surface area (TPSA) is 41.6 Å². The summed E-state index contributed by atoms with van der Waals surface area (Å²) in [6.45, 7) is 0. The zero-order chi connectivity index (χ0) is 12.4. The van der Waals surface area contributed by atoms with Crippen LogP contribution in [0.15, 0.2) is 30.1 Å². The molecule has 1 aromatic carbocycles. The van der Waals surface area contributed by atoms with Gasteiger partial charge in [-0.2, -0.15) is 0 Å². The molecule has 5 heteroatoms. The summed E-state index contributed by atoms with van der Waals surface area (Å²) in [4.78, 5) is 12.4. The first kappa shape index (κ1) is 11.8. The number of carbonyl (C=O) groups is 1. The summed E-state index contributed by atoms with van der Waals surface area (Å²) >= 11 is 6.26. The number of methoxy groups -OCH3 is 1. The van der Waals surface area contributed by atoms with E-state index in [1.54, 1.807) is 13.2 Å². The molecule has 2 rings (SSSR count). The van der Waals surface area contributed by atoms with Crippen molar-refractivity contribution in [2.24, 2.45) is 0 Å². The fourth-order valence-corrected chi connectivity index (χ4v) is 2.16. The van der Waals surface area contributed by atoms with Crippen LogP contribution in [0, 0.1) is 0 Å². The summed E-state index contributed by atoms with van der Waals surface area (Å²) in [6.07, 6.45) is 2.43. The monoisotopic (exact) mass is 252 g/mol. The lowest BCUT2D eigenvalue weighted by molar-refractivity contribution is -0.108. The molecule has 1 aliphatic heterocycles. The Kier molecular flexibility index (Phi) is 3.24. The maximum Gasteiger partial charge on any atom is 0.212 e. The molecule has 1 amide bonds. The fraction of sp³-hybridized carbons (Fsp3) is 0.250. The minimum Gasteiger partial charge on any atom is -0.497 e. The number of benzene rings is 1. The highest BCUT2D eigenvalue weighted by molar-refractivity contribution is 6.22. The molecule has 0 saturated carbocycles. The van der Waals surface area contributed by atoms with Gasteiger partial charge < -0.3 is 15.0 Å². The van der Waals surface area contributed by atoms with Crippen molar-refractivity contribution in [2.45, 2.75) is 5.38 Å². The Morgan fingerprint density at radius 1 is 1.53 bits per heavy atom. The third kappa shape index (κ3) is 2.08. The average molecular weight is 253 g/mol. The molecule has 1 unspecified atom stereocenters. The van der Waals surface area contributed by atoms with Crippen molar-refractivity contribution in [2.75, 3.05) is 19.1 Å². The Morgan fingerprint density at radius 2 is 2.29 bits per heavy atom. The summed E-state index contributed by atoms with van der Waals surface area (Å²) in [5, 5.41) is 2.35. The first-order valence-corrected chi connectivity index (χ1v) is 5.58. The van der Waals surface area contributed by atoms with Crippen LogP contribution in [0.4, 0.5) is 5.69 Å². The Bertz CT molecular complexity index is 474. The smallest absolute Gasteiger partial charge is 0.212 e. The molecular weight excluding hydrogens is 240 g/mol. The second-order valence-electron chi connectivity index (χ2n) is 3.70. The van der Waals surface area contributed by atoms with E-state index in [9.17, 15) is 4.79 Å². The van der Waals surface area contributed by atoms with E-state index in [2.05, 4.69) is 5.32 Å². The van der Waals surface area contributed by atoms with E-state index in [1.165, 1.54) is 0 Å². The lowest BCUT2D eigenvalue weighted by Crippen LogP contribution is -2.31. The summed E-state index contributed by atoms with van der Waals surface area (Å²) in [5.41, 5.74) is 1.92. The van der Waals surface area contributed by atoms with Gasteiger partial charge in [0, 0.05) is 18.3 Å². The molecule has 4 nitrogen and oxygen atoms in total. The van der Waals surface area contributed by atoms with Crippen LogP contribution >= 0.6 is 11.6 Å². The molecule has 1 atom stereocenters. The van der Waals surface area contributed by atoms with Crippen LogP contribution in [-0.2, 0) is 4.79 Å². The van der Waals surface area contributed by atoms with Crippen LogP contribution in [0.1, 0.15) is 10.9 Å². The van der Waals surface area contributed by atoms with Crippen LogP contribution < -0.4 is 15.0 Å². The molecule has 17 heavy (non-hydrogen) atoms. The molecule has 90 valence electrons. The molecule has 1 heterocycles. The number of ether oxygens (including phenoxy) is 1. The number of nitrogens with one attached hydrogen (secondary N) is 1. The van der Waals surface area contributed by atoms with Gasteiger partial charge in [0.05, 0.1) is 12.5 Å². The molecule has 1 aliphatic rings. The predicted molar refractivity (Wildman–Crippen MR) is 67.3 cm³/mol. The maximum absolute atomic E-state index is 10.5. The second kappa shape index (κ2) is 4.67. The van der Waals surface area contributed by atoms with E-state index in [0.29, 0.717) is 12.2 Å². The van der Waals surface area contributed by atoms with E-state index in [4.69, 9.17) is 16.3 Å². The molecule has 0 bridgehead atoms. The highest BCUT2D eigenvalue weighted by atomic mass is 35.5. The van der Waals surface area contributed by atoms with Gasteiger partial charge >= 0.3 is 0 Å². The number of allylic oxidation sites excluding steroid dienone is 1. The van der Waals surface area contributed by atoms with Crippen molar-refractivity contribution in [1.82, 2.24) is 5.32 Å². The van der Waals surface area contributed by atoms with Crippen LogP contribution in [-0.4, -0.2) is 20.6 Å². The Morgan fingerprint density at radius 3 is 2.94 bits per heavy atom. The molecule has 1 aromatic rings. The number of halogens is 1. The highest BCUT2D eigenvalue weighted by Crippen LogP contribution is 2.39. The second-order valence-corrected chi connectivity index (χ2v) is 4.17. The molecule has 0 saturated heterocycles. The zero-order valence-electron chi connectivity index (χ0n) is 9.61. The van der Waals surface area contributed by atoms with Gasteiger partial charge in [-0.05, 0) is 24.3 Å². The van der Waals surface area contributed by atoms with Gasteiger partial charge in [0.2, 0.25) is 6.41 Å². The normalized spacial score (nSPS) is 18.2. The SMILES string of the molecule is COc1ccc2c(c1)C(Cl)C=C(NC=O)N2C. The first-order chi connectivity index (χ1) is 8.17. The number of anilines is 1. The summed E-state index contributed by atoms with van der Waals surface area (Å²) in [6, 6.07) is 5.68. The third-order valence-corrected chi connectivity index (χ3v) is 3.13. The van der Waals surface area contributed by atoms with Crippen molar-refractivity contribution in [1.29, 1.82) is 0 Å². The average Bonchev–Trinajstić information content (AvgIpc) is 2.35. The van der Waals surface area contributed by atoms with Crippen molar-refractivity contribution in [3.05, 3.63) is 35.7 Å². The zero-order valence-corrected chi connectivity index (χ0v) is 10.4. The van der Waals surface area contributed by atoms with Crippen molar-refractivity contribution in [3.63, 3.8) is 0 Å². The van der Waals surface area contributed by atoms with Gasteiger partial charge in [-0.15, -0.1) is 11.6 Å². The third-order valence-electron chi connectivity index (χ3n) is 2.77. The first-order valence-electron chi connectivity index (χ1n) is 5.15.